The number of amides is 1. The number of ether oxygens (including phenoxy) is 2. The summed E-state index contributed by atoms with van der Waals surface area (Å²) in [6.07, 6.45) is -8.08. The molecule has 1 saturated carbocycles. The highest BCUT2D eigenvalue weighted by Crippen LogP contribution is 2.27. The van der Waals surface area contributed by atoms with Crippen LogP contribution in [0.5, 0.6) is 0 Å². The van der Waals surface area contributed by atoms with E-state index in [1.165, 1.54) is 0 Å². The van der Waals surface area contributed by atoms with E-state index in [0.717, 1.165) is 0 Å². The fourth-order valence-electron chi connectivity index (χ4n) is 3.55. The first-order valence-corrected chi connectivity index (χ1v) is 9.35. The van der Waals surface area contributed by atoms with Gasteiger partial charge in [0, 0.05) is 6.04 Å². The van der Waals surface area contributed by atoms with Crippen LogP contribution >= 0.6 is 0 Å². The minimum absolute atomic E-state index is 0.0635. The van der Waals surface area contributed by atoms with Gasteiger partial charge in [-0.2, -0.15) is 0 Å². The Bertz CT molecular complexity index is 513. The first-order chi connectivity index (χ1) is 13.2. The van der Waals surface area contributed by atoms with Crippen LogP contribution in [0.3, 0.4) is 0 Å². The van der Waals surface area contributed by atoms with Crippen LogP contribution in [0.2, 0.25) is 0 Å². The number of rotatable bonds is 7. The van der Waals surface area contributed by atoms with Gasteiger partial charge in [-0.3, -0.25) is 4.79 Å². The summed E-state index contributed by atoms with van der Waals surface area (Å²) in [6.45, 7) is -0.433. The minimum Gasteiger partial charge on any atom is -0.394 e. The largest absolute Gasteiger partial charge is 0.394 e. The van der Waals surface area contributed by atoms with Gasteiger partial charge in [0.1, 0.15) is 30.5 Å². The van der Waals surface area contributed by atoms with Gasteiger partial charge in [0.15, 0.2) is 6.29 Å². The summed E-state index contributed by atoms with van der Waals surface area (Å²) in [6, 6.07) is -2.33. The first-order valence-electron chi connectivity index (χ1n) is 9.35. The van der Waals surface area contributed by atoms with E-state index in [9.17, 15) is 30.3 Å². The second-order valence-electron chi connectivity index (χ2n) is 7.39. The van der Waals surface area contributed by atoms with E-state index in [1.54, 1.807) is 0 Å². The Morgan fingerprint density at radius 3 is 2.50 bits per heavy atom. The highest BCUT2D eigenvalue weighted by atomic mass is 16.7. The molecule has 1 amide bonds. The molecule has 2 fully saturated rings. The number of aliphatic hydroxyl groups is 5. The second-order valence-corrected chi connectivity index (χ2v) is 7.39. The summed E-state index contributed by atoms with van der Waals surface area (Å²) >= 11 is 0. The third-order valence-electron chi connectivity index (χ3n) is 5.18. The van der Waals surface area contributed by atoms with Crippen molar-refractivity contribution >= 4 is 5.91 Å². The molecular weight excluding hydrogens is 376 g/mol. The molecular formula is C16H32N4O8. The van der Waals surface area contributed by atoms with Crippen molar-refractivity contribution in [3.63, 3.8) is 0 Å². The number of nitrogens with one attached hydrogen (secondary N) is 1. The molecule has 12 N–H and O–H groups in total. The van der Waals surface area contributed by atoms with E-state index >= 15 is 0 Å². The van der Waals surface area contributed by atoms with E-state index in [-0.39, 0.29) is 25.8 Å². The number of carbonyl (C=O) groups excluding carboxylic acids is 1. The Labute approximate surface area is 162 Å². The second kappa shape index (κ2) is 10.2. The Hall–Kier alpha value is -0.930. The van der Waals surface area contributed by atoms with Gasteiger partial charge < -0.3 is 57.5 Å². The molecule has 0 radical (unpaired) electrons. The van der Waals surface area contributed by atoms with Gasteiger partial charge in [0.25, 0.3) is 0 Å². The molecule has 1 aliphatic heterocycles. The predicted octanol–water partition coefficient (Wildman–Crippen LogP) is -5.19. The zero-order valence-corrected chi connectivity index (χ0v) is 15.5. The van der Waals surface area contributed by atoms with Gasteiger partial charge in [0.2, 0.25) is 5.91 Å². The van der Waals surface area contributed by atoms with Gasteiger partial charge in [-0.1, -0.05) is 0 Å². The van der Waals surface area contributed by atoms with E-state index in [4.69, 9.17) is 26.7 Å². The molecule has 0 unspecified atom stereocenters. The Morgan fingerprint density at radius 1 is 1.21 bits per heavy atom. The number of nitrogens with two attached hydrogens (primary N) is 3. The lowest BCUT2D eigenvalue weighted by atomic mass is 9.86. The van der Waals surface area contributed by atoms with Crippen LogP contribution < -0.4 is 22.5 Å². The van der Waals surface area contributed by atoms with Crippen molar-refractivity contribution < 1.29 is 39.8 Å². The summed E-state index contributed by atoms with van der Waals surface area (Å²) in [4.78, 5) is 12.1. The topological polar surface area (TPSA) is 227 Å². The maximum atomic E-state index is 12.1. The Kier molecular flexibility index (Phi) is 8.51. The van der Waals surface area contributed by atoms with Crippen molar-refractivity contribution in [3.8, 4) is 0 Å². The van der Waals surface area contributed by atoms with Crippen LogP contribution in [0.1, 0.15) is 19.3 Å². The smallest absolute Gasteiger partial charge is 0.249 e. The first kappa shape index (κ1) is 23.3. The molecule has 1 heterocycles. The number of carbonyl (C=O) groups is 1. The summed E-state index contributed by atoms with van der Waals surface area (Å²) in [5.74, 6) is -0.684. The summed E-state index contributed by atoms with van der Waals surface area (Å²) in [7, 11) is 0. The molecule has 0 bridgehead atoms. The lowest BCUT2D eigenvalue weighted by Crippen LogP contribution is -2.65. The van der Waals surface area contributed by atoms with Gasteiger partial charge in [-0.25, -0.2) is 0 Å². The lowest BCUT2D eigenvalue weighted by molar-refractivity contribution is -0.301. The van der Waals surface area contributed by atoms with Crippen molar-refractivity contribution in [3.05, 3.63) is 0 Å². The average molecular weight is 408 g/mol. The summed E-state index contributed by atoms with van der Waals surface area (Å²) < 4.78 is 11.1. The van der Waals surface area contributed by atoms with Crippen LogP contribution in [0.25, 0.3) is 0 Å². The molecule has 0 aromatic heterocycles. The normalized spacial score (nSPS) is 42.8. The van der Waals surface area contributed by atoms with Crippen LogP contribution in [0.15, 0.2) is 0 Å². The molecule has 28 heavy (non-hydrogen) atoms. The van der Waals surface area contributed by atoms with Crippen LogP contribution in [-0.2, 0) is 14.3 Å². The fraction of sp³-hybridized carbons (Fsp3) is 0.938. The standard InChI is InChI=1S/C16H32N4O8/c17-2-1-8(22)15(26)20-7-3-6(18)4-9(23)14(7)28-16-13(25)11(19)12(24)10(5-21)27-16/h6-14,16,21-25H,1-5,17-19H2,(H,20,26)/t6-,7+,8-,9-,10+,11-,12+,13+,14-,16+/m0/s1. The van der Waals surface area contributed by atoms with E-state index < -0.39 is 73.6 Å². The monoisotopic (exact) mass is 408 g/mol. The highest BCUT2D eigenvalue weighted by molar-refractivity contribution is 5.80. The number of hydrogen-bond acceptors (Lipinski definition) is 11. The molecule has 2 aliphatic rings. The third-order valence-corrected chi connectivity index (χ3v) is 5.18. The van der Waals surface area contributed by atoms with Crippen molar-refractivity contribution in [1.29, 1.82) is 0 Å². The third kappa shape index (κ3) is 5.36. The SMILES string of the molecule is NCC[C@H](O)C(=O)N[C@@H]1C[C@H](N)C[C@H](O)[C@H]1O[C@H]1O[C@H](CO)[C@@H](O)[C@H](N)[C@H]1O. The Morgan fingerprint density at radius 2 is 1.89 bits per heavy atom. The average Bonchev–Trinajstić information content (AvgIpc) is 2.64. The van der Waals surface area contributed by atoms with Crippen LogP contribution in [-0.4, -0.2) is 106 Å². The molecule has 12 heteroatoms. The molecule has 2 rings (SSSR count). The molecule has 0 spiro atoms. The fourth-order valence-corrected chi connectivity index (χ4v) is 3.55. The van der Waals surface area contributed by atoms with E-state index in [0.29, 0.717) is 0 Å². The van der Waals surface area contributed by atoms with Crippen molar-refractivity contribution in [2.45, 2.75) is 80.3 Å². The van der Waals surface area contributed by atoms with Gasteiger partial charge in [0.05, 0.1) is 24.8 Å². The van der Waals surface area contributed by atoms with Crippen LogP contribution in [0, 0.1) is 0 Å². The molecule has 0 aromatic carbocycles. The van der Waals surface area contributed by atoms with Crippen molar-refractivity contribution in [2.24, 2.45) is 17.2 Å². The van der Waals surface area contributed by atoms with Crippen molar-refractivity contribution in [2.75, 3.05) is 13.2 Å². The minimum atomic E-state index is -1.43. The van der Waals surface area contributed by atoms with E-state index in [1.807, 2.05) is 0 Å². The maximum Gasteiger partial charge on any atom is 0.249 e. The molecule has 1 aliphatic carbocycles. The molecule has 164 valence electrons. The highest BCUT2D eigenvalue weighted by Gasteiger charge is 2.47. The molecule has 0 aromatic rings. The molecule has 10 atom stereocenters. The predicted molar refractivity (Wildman–Crippen MR) is 95.4 cm³/mol. The zero-order chi connectivity index (χ0) is 21.0. The van der Waals surface area contributed by atoms with Gasteiger partial charge in [-0.05, 0) is 25.8 Å². The molecule has 1 saturated heterocycles. The molecule has 12 nitrogen and oxygen atoms in total. The summed E-state index contributed by atoms with van der Waals surface area (Å²) in [5.41, 5.74) is 17.0. The zero-order valence-electron chi connectivity index (χ0n) is 15.5. The van der Waals surface area contributed by atoms with Gasteiger partial charge >= 0.3 is 0 Å². The summed E-state index contributed by atoms with van der Waals surface area (Å²) in [5, 5.41) is 52.3. The van der Waals surface area contributed by atoms with Gasteiger partial charge in [-0.15, -0.1) is 0 Å². The number of hydrogen-bond donors (Lipinski definition) is 9. The number of aliphatic hydroxyl groups excluding tert-OH is 5. The Balaban J connectivity index is 2.11. The van der Waals surface area contributed by atoms with Crippen molar-refractivity contribution in [1.82, 2.24) is 5.32 Å². The maximum absolute atomic E-state index is 12.1. The lowest BCUT2D eigenvalue weighted by Gasteiger charge is -2.45. The van der Waals surface area contributed by atoms with Crippen LogP contribution in [0.4, 0.5) is 0 Å². The quantitative estimate of drug-likeness (QED) is 0.193. The van der Waals surface area contributed by atoms with E-state index in [2.05, 4.69) is 5.32 Å².